The summed E-state index contributed by atoms with van der Waals surface area (Å²) >= 11 is 0. The highest BCUT2D eigenvalue weighted by atomic mass is 16.2. The molecule has 2 aromatic carbocycles. The largest absolute Gasteiger partial charge is 0.302 e. The van der Waals surface area contributed by atoms with Gasteiger partial charge in [0.2, 0.25) is 0 Å². The molecule has 0 spiro atoms. The third-order valence-electron chi connectivity index (χ3n) is 3.51. The molecule has 0 fully saturated rings. The van der Waals surface area contributed by atoms with Gasteiger partial charge >= 0.3 is 0 Å². The Morgan fingerprint density at radius 3 is 2.14 bits per heavy atom. The molecule has 0 saturated heterocycles. The SMILES string of the molecule is CC(C)(C)N1C(=O)c2ccccc2C#Cc2ccccc21. The van der Waals surface area contributed by atoms with E-state index in [2.05, 4.69) is 11.8 Å². The molecule has 0 aromatic heterocycles. The van der Waals surface area contributed by atoms with Crippen molar-refractivity contribution in [1.29, 1.82) is 0 Å². The van der Waals surface area contributed by atoms with Crippen LogP contribution in [0, 0.1) is 11.8 Å². The maximum absolute atomic E-state index is 13.1. The monoisotopic (exact) mass is 275 g/mol. The molecule has 0 saturated carbocycles. The van der Waals surface area contributed by atoms with E-state index in [4.69, 9.17) is 0 Å². The lowest BCUT2D eigenvalue weighted by atomic mass is 9.96. The van der Waals surface area contributed by atoms with Crippen LogP contribution in [0.4, 0.5) is 5.69 Å². The highest BCUT2D eigenvalue weighted by Crippen LogP contribution is 2.31. The normalized spacial score (nSPS) is 13.5. The van der Waals surface area contributed by atoms with Gasteiger partial charge in [0, 0.05) is 16.7 Å². The summed E-state index contributed by atoms with van der Waals surface area (Å²) in [7, 11) is 0. The lowest BCUT2D eigenvalue weighted by Gasteiger charge is -2.37. The van der Waals surface area contributed by atoms with E-state index < -0.39 is 0 Å². The van der Waals surface area contributed by atoms with E-state index in [1.54, 1.807) is 0 Å². The molecule has 0 unspecified atom stereocenters. The van der Waals surface area contributed by atoms with Gasteiger partial charge < -0.3 is 4.90 Å². The lowest BCUT2D eigenvalue weighted by Crippen LogP contribution is -2.46. The number of hydrogen-bond acceptors (Lipinski definition) is 1. The molecule has 2 nitrogen and oxygen atoms in total. The molecular weight excluding hydrogens is 258 g/mol. The number of carbonyl (C=O) groups excluding carboxylic acids is 1. The summed E-state index contributed by atoms with van der Waals surface area (Å²) < 4.78 is 0. The van der Waals surface area contributed by atoms with E-state index in [9.17, 15) is 4.79 Å². The summed E-state index contributed by atoms with van der Waals surface area (Å²) in [4.78, 5) is 14.9. The van der Waals surface area contributed by atoms with Crippen LogP contribution in [-0.4, -0.2) is 11.4 Å². The predicted octanol–water partition coefficient (Wildman–Crippen LogP) is 3.85. The maximum Gasteiger partial charge on any atom is 0.260 e. The van der Waals surface area contributed by atoms with Crippen molar-refractivity contribution < 1.29 is 4.79 Å². The fourth-order valence-electron chi connectivity index (χ4n) is 2.58. The van der Waals surface area contributed by atoms with Crippen molar-refractivity contribution in [2.75, 3.05) is 4.90 Å². The minimum Gasteiger partial charge on any atom is -0.302 e. The van der Waals surface area contributed by atoms with Crippen molar-refractivity contribution in [1.82, 2.24) is 0 Å². The van der Waals surface area contributed by atoms with Gasteiger partial charge in [-0.15, -0.1) is 0 Å². The second kappa shape index (κ2) is 4.79. The van der Waals surface area contributed by atoms with Crippen LogP contribution < -0.4 is 4.90 Å². The van der Waals surface area contributed by atoms with Crippen LogP contribution in [0.15, 0.2) is 48.5 Å². The standard InChI is InChI=1S/C19H17NO/c1-19(2,3)20-17-11-7-5-9-15(17)13-12-14-8-4-6-10-16(14)18(20)21/h4-11H,1-3H3. The van der Waals surface area contributed by atoms with Crippen molar-refractivity contribution >= 4 is 11.6 Å². The zero-order valence-corrected chi connectivity index (χ0v) is 12.5. The van der Waals surface area contributed by atoms with E-state index in [1.807, 2.05) is 74.2 Å². The van der Waals surface area contributed by atoms with Crippen LogP contribution in [0.1, 0.15) is 42.3 Å². The molecular formula is C19H17NO. The van der Waals surface area contributed by atoms with E-state index in [0.717, 1.165) is 16.8 Å². The van der Waals surface area contributed by atoms with Crippen molar-refractivity contribution in [3.05, 3.63) is 65.2 Å². The Balaban J connectivity index is 2.33. The topological polar surface area (TPSA) is 20.3 Å². The average molecular weight is 275 g/mol. The highest BCUT2D eigenvalue weighted by Gasteiger charge is 2.31. The molecule has 3 rings (SSSR count). The molecule has 21 heavy (non-hydrogen) atoms. The first kappa shape index (κ1) is 13.5. The van der Waals surface area contributed by atoms with E-state index in [0.29, 0.717) is 5.56 Å². The Kier molecular flexibility index (Phi) is 3.07. The summed E-state index contributed by atoms with van der Waals surface area (Å²) in [6.45, 7) is 6.12. The van der Waals surface area contributed by atoms with E-state index >= 15 is 0 Å². The molecule has 1 aliphatic heterocycles. The number of benzene rings is 2. The van der Waals surface area contributed by atoms with Gasteiger partial charge in [-0.1, -0.05) is 36.1 Å². The highest BCUT2D eigenvalue weighted by molar-refractivity contribution is 6.09. The molecule has 2 heteroatoms. The van der Waals surface area contributed by atoms with Gasteiger partial charge in [0.05, 0.1) is 11.3 Å². The molecule has 0 aliphatic carbocycles. The number of para-hydroxylation sites is 1. The predicted molar refractivity (Wildman–Crippen MR) is 85.4 cm³/mol. The van der Waals surface area contributed by atoms with Crippen LogP contribution in [0.25, 0.3) is 0 Å². The van der Waals surface area contributed by atoms with Crippen LogP contribution in [0.2, 0.25) is 0 Å². The summed E-state index contributed by atoms with van der Waals surface area (Å²) in [5.41, 5.74) is 2.88. The zero-order chi connectivity index (χ0) is 15.0. The molecule has 104 valence electrons. The third-order valence-corrected chi connectivity index (χ3v) is 3.51. The minimum absolute atomic E-state index is 0.000417. The van der Waals surface area contributed by atoms with Crippen LogP contribution in [-0.2, 0) is 0 Å². The molecule has 1 amide bonds. The van der Waals surface area contributed by atoms with Crippen molar-refractivity contribution in [3.63, 3.8) is 0 Å². The van der Waals surface area contributed by atoms with Gasteiger partial charge in [-0.05, 0) is 45.0 Å². The van der Waals surface area contributed by atoms with E-state index in [-0.39, 0.29) is 11.4 Å². The number of amides is 1. The van der Waals surface area contributed by atoms with Crippen LogP contribution in [0.5, 0.6) is 0 Å². The molecule has 2 aromatic rings. The molecule has 0 bridgehead atoms. The van der Waals surface area contributed by atoms with Gasteiger partial charge in [0.1, 0.15) is 0 Å². The Labute approximate surface area is 125 Å². The summed E-state index contributed by atoms with van der Waals surface area (Å²) in [5, 5.41) is 0. The first-order chi connectivity index (χ1) is 9.98. The Morgan fingerprint density at radius 1 is 0.857 bits per heavy atom. The fourth-order valence-corrected chi connectivity index (χ4v) is 2.58. The number of nitrogens with zero attached hydrogens (tertiary/aromatic N) is 1. The first-order valence-corrected chi connectivity index (χ1v) is 7.03. The van der Waals surface area contributed by atoms with Gasteiger partial charge in [0.15, 0.2) is 0 Å². The molecule has 0 N–H and O–H groups in total. The number of carbonyl (C=O) groups is 1. The molecule has 0 atom stereocenters. The zero-order valence-electron chi connectivity index (χ0n) is 12.5. The minimum atomic E-state index is -0.320. The van der Waals surface area contributed by atoms with E-state index in [1.165, 1.54) is 0 Å². The summed E-state index contributed by atoms with van der Waals surface area (Å²) in [5.74, 6) is 6.33. The van der Waals surface area contributed by atoms with Crippen molar-refractivity contribution in [2.45, 2.75) is 26.3 Å². The van der Waals surface area contributed by atoms with Gasteiger partial charge in [-0.25, -0.2) is 0 Å². The quantitative estimate of drug-likeness (QED) is 0.669. The summed E-state index contributed by atoms with van der Waals surface area (Å²) in [6, 6.07) is 15.4. The van der Waals surface area contributed by atoms with Gasteiger partial charge in [-0.2, -0.15) is 0 Å². The molecule has 0 radical (unpaired) electrons. The molecule has 1 aliphatic rings. The lowest BCUT2D eigenvalue weighted by molar-refractivity contribution is 0.0965. The first-order valence-electron chi connectivity index (χ1n) is 7.03. The Morgan fingerprint density at radius 2 is 1.43 bits per heavy atom. The maximum atomic E-state index is 13.1. The van der Waals surface area contributed by atoms with Gasteiger partial charge in [0.25, 0.3) is 5.91 Å². The number of fused-ring (bicyclic) bond motifs is 2. The average Bonchev–Trinajstić information content (AvgIpc) is 2.43. The third kappa shape index (κ3) is 2.32. The van der Waals surface area contributed by atoms with Crippen LogP contribution >= 0.6 is 0 Å². The second-order valence-corrected chi connectivity index (χ2v) is 6.12. The van der Waals surface area contributed by atoms with Crippen molar-refractivity contribution in [3.8, 4) is 11.8 Å². The number of hydrogen-bond donors (Lipinski definition) is 0. The van der Waals surface area contributed by atoms with Gasteiger partial charge in [-0.3, -0.25) is 4.79 Å². The van der Waals surface area contributed by atoms with Crippen molar-refractivity contribution in [2.24, 2.45) is 0 Å². The Hall–Kier alpha value is -2.53. The molecule has 1 heterocycles. The summed E-state index contributed by atoms with van der Waals surface area (Å²) in [6.07, 6.45) is 0. The van der Waals surface area contributed by atoms with Crippen LogP contribution in [0.3, 0.4) is 0 Å². The number of rotatable bonds is 0. The smallest absolute Gasteiger partial charge is 0.260 e. The second-order valence-electron chi connectivity index (χ2n) is 6.12. The Bertz CT molecular complexity index is 772. The fraction of sp³-hybridized carbons (Fsp3) is 0.211. The number of anilines is 1.